The molecule has 0 heterocycles. The number of aliphatic hydroxyl groups excluding tert-OH is 2. The first-order valence-corrected chi connectivity index (χ1v) is 4.94. The summed E-state index contributed by atoms with van der Waals surface area (Å²) >= 11 is 0. The lowest BCUT2D eigenvalue weighted by Crippen LogP contribution is -2.12. The molecule has 0 unspecified atom stereocenters. The van der Waals surface area contributed by atoms with E-state index in [1.54, 1.807) is 0 Å². The summed E-state index contributed by atoms with van der Waals surface area (Å²) in [6, 6.07) is 0. The molecule has 13 heavy (non-hydrogen) atoms. The zero-order valence-electron chi connectivity index (χ0n) is 8.37. The van der Waals surface area contributed by atoms with Gasteiger partial charge in [-0.1, -0.05) is 19.1 Å². The Morgan fingerprint density at radius 1 is 1.23 bits per heavy atom. The number of rotatable bonds is 8. The Bertz CT molecular complexity index is 120. The van der Waals surface area contributed by atoms with Gasteiger partial charge in [-0.25, -0.2) is 0 Å². The summed E-state index contributed by atoms with van der Waals surface area (Å²) in [5, 5.41) is 20.6. The van der Waals surface area contributed by atoms with Crippen LogP contribution >= 0.6 is 0 Å². The third-order valence-electron chi connectivity index (χ3n) is 1.92. The molecule has 0 radical (unpaired) electrons. The van der Waals surface area contributed by atoms with Gasteiger partial charge in [-0.05, 0) is 25.3 Å². The van der Waals surface area contributed by atoms with Gasteiger partial charge in [0.15, 0.2) is 0 Å². The molecular formula is C10H21NO2. The largest absolute Gasteiger partial charge is 0.396 e. The molecule has 3 nitrogen and oxygen atoms in total. The summed E-state index contributed by atoms with van der Waals surface area (Å²) in [6.07, 6.45) is 5.60. The van der Waals surface area contributed by atoms with Crippen LogP contribution < -0.4 is 5.32 Å². The monoisotopic (exact) mass is 187 g/mol. The standard InChI is InChI=1S/C10H21NO2/c1-2-11-7-3-4-10(5-8-12)6-9-13/h3-4,10-13H,2,5-9H2,1H3/b4-3+. The second-order valence-electron chi connectivity index (χ2n) is 3.02. The lowest BCUT2D eigenvalue weighted by Gasteiger charge is -2.08. The van der Waals surface area contributed by atoms with Crippen molar-refractivity contribution in [3.8, 4) is 0 Å². The van der Waals surface area contributed by atoms with E-state index < -0.39 is 0 Å². The predicted molar refractivity (Wildman–Crippen MR) is 54.6 cm³/mol. The Morgan fingerprint density at radius 2 is 1.85 bits per heavy atom. The molecule has 0 saturated heterocycles. The van der Waals surface area contributed by atoms with Crippen LogP contribution in [-0.2, 0) is 0 Å². The van der Waals surface area contributed by atoms with Crippen LogP contribution in [0.4, 0.5) is 0 Å². The molecule has 3 heteroatoms. The first kappa shape index (κ1) is 12.6. The first-order valence-electron chi connectivity index (χ1n) is 4.94. The highest BCUT2D eigenvalue weighted by molar-refractivity contribution is 4.89. The molecule has 0 aromatic carbocycles. The fraction of sp³-hybridized carbons (Fsp3) is 0.800. The molecule has 0 aromatic rings. The number of nitrogens with one attached hydrogen (secondary N) is 1. The molecule has 0 bridgehead atoms. The average molecular weight is 187 g/mol. The van der Waals surface area contributed by atoms with Gasteiger partial charge in [-0.15, -0.1) is 0 Å². The molecular weight excluding hydrogens is 166 g/mol. The molecule has 0 atom stereocenters. The molecule has 0 aliphatic rings. The third kappa shape index (κ3) is 7.96. The van der Waals surface area contributed by atoms with E-state index in [1.165, 1.54) is 0 Å². The van der Waals surface area contributed by atoms with Gasteiger partial charge in [-0.3, -0.25) is 0 Å². The summed E-state index contributed by atoms with van der Waals surface area (Å²) in [5.74, 6) is 0.314. The maximum atomic E-state index is 8.73. The molecule has 0 amide bonds. The molecule has 0 saturated carbocycles. The van der Waals surface area contributed by atoms with Crippen LogP contribution in [0.1, 0.15) is 19.8 Å². The van der Waals surface area contributed by atoms with Crippen molar-refractivity contribution in [2.75, 3.05) is 26.3 Å². The van der Waals surface area contributed by atoms with E-state index in [0.717, 1.165) is 25.9 Å². The molecule has 78 valence electrons. The van der Waals surface area contributed by atoms with Crippen LogP contribution in [-0.4, -0.2) is 36.5 Å². The van der Waals surface area contributed by atoms with Crippen molar-refractivity contribution >= 4 is 0 Å². The predicted octanol–water partition coefficient (Wildman–Crippen LogP) is 0.533. The van der Waals surface area contributed by atoms with Gasteiger partial charge in [0.05, 0.1) is 0 Å². The van der Waals surface area contributed by atoms with E-state index in [1.807, 2.05) is 0 Å². The van der Waals surface area contributed by atoms with Crippen LogP contribution in [0.2, 0.25) is 0 Å². The summed E-state index contributed by atoms with van der Waals surface area (Å²) in [7, 11) is 0. The zero-order valence-corrected chi connectivity index (χ0v) is 8.37. The van der Waals surface area contributed by atoms with Crippen molar-refractivity contribution in [1.29, 1.82) is 0 Å². The Kier molecular flexibility index (Phi) is 9.42. The maximum absolute atomic E-state index is 8.73. The van der Waals surface area contributed by atoms with E-state index in [9.17, 15) is 0 Å². The number of aliphatic hydroxyl groups is 2. The first-order chi connectivity index (χ1) is 6.35. The minimum Gasteiger partial charge on any atom is -0.396 e. The van der Waals surface area contributed by atoms with Gasteiger partial charge < -0.3 is 15.5 Å². The van der Waals surface area contributed by atoms with Gasteiger partial charge in [0, 0.05) is 19.8 Å². The van der Waals surface area contributed by atoms with Crippen molar-refractivity contribution < 1.29 is 10.2 Å². The van der Waals surface area contributed by atoms with Crippen LogP contribution in [0.25, 0.3) is 0 Å². The fourth-order valence-electron chi connectivity index (χ4n) is 1.16. The lowest BCUT2D eigenvalue weighted by atomic mass is 10.0. The van der Waals surface area contributed by atoms with E-state index in [-0.39, 0.29) is 13.2 Å². The highest BCUT2D eigenvalue weighted by atomic mass is 16.3. The van der Waals surface area contributed by atoms with Gasteiger partial charge in [-0.2, -0.15) is 0 Å². The Balaban J connectivity index is 3.58. The van der Waals surface area contributed by atoms with E-state index >= 15 is 0 Å². The quantitative estimate of drug-likeness (QED) is 0.384. The second kappa shape index (κ2) is 9.71. The minimum atomic E-state index is 0.191. The van der Waals surface area contributed by atoms with Gasteiger partial charge in [0.2, 0.25) is 0 Å². The molecule has 0 fully saturated rings. The Morgan fingerprint density at radius 3 is 2.31 bits per heavy atom. The highest BCUT2D eigenvalue weighted by Crippen LogP contribution is 2.08. The molecule has 0 spiro atoms. The number of hydrogen-bond donors (Lipinski definition) is 3. The van der Waals surface area contributed by atoms with E-state index in [2.05, 4.69) is 24.4 Å². The molecule has 0 aliphatic heterocycles. The summed E-state index contributed by atoms with van der Waals surface area (Å²) in [6.45, 7) is 4.28. The van der Waals surface area contributed by atoms with E-state index in [4.69, 9.17) is 10.2 Å². The van der Waals surface area contributed by atoms with Crippen LogP contribution in [0.3, 0.4) is 0 Å². The summed E-state index contributed by atoms with van der Waals surface area (Å²) in [4.78, 5) is 0. The average Bonchev–Trinajstić information content (AvgIpc) is 2.13. The van der Waals surface area contributed by atoms with Gasteiger partial charge in [0.25, 0.3) is 0 Å². The van der Waals surface area contributed by atoms with Crippen LogP contribution in [0.5, 0.6) is 0 Å². The highest BCUT2D eigenvalue weighted by Gasteiger charge is 2.01. The number of hydrogen-bond acceptors (Lipinski definition) is 3. The van der Waals surface area contributed by atoms with Crippen molar-refractivity contribution in [3.05, 3.63) is 12.2 Å². The molecule has 0 aliphatic carbocycles. The smallest absolute Gasteiger partial charge is 0.0436 e. The van der Waals surface area contributed by atoms with Gasteiger partial charge >= 0.3 is 0 Å². The normalized spacial score (nSPS) is 11.7. The topological polar surface area (TPSA) is 52.5 Å². The second-order valence-corrected chi connectivity index (χ2v) is 3.02. The maximum Gasteiger partial charge on any atom is 0.0436 e. The number of likely N-dealkylation sites (N-methyl/N-ethyl adjacent to an activating group) is 1. The Hall–Kier alpha value is -0.380. The third-order valence-corrected chi connectivity index (χ3v) is 1.92. The van der Waals surface area contributed by atoms with Crippen molar-refractivity contribution in [3.63, 3.8) is 0 Å². The lowest BCUT2D eigenvalue weighted by molar-refractivity contribution is 0.233. The van der Waals surface area contributed by atoms with Crippen molar-refractivity contribution in [2.24, 2.45) is 5.92 Å². The summed E-state index contributed by atoms with van der Waals surface area (Å²) < 4.78 is 0. The Labute approximate surface area is 80.5 Å². The van der Waals surface area contributed by atoms with Crippen LogP contribution in [0.15, 0.2) is 12.2 Å². The van der Waals surface area contributed by atoms with E-state index in [0.29, 0.717) is 5.92 Å². The molecule has 3 N–H and O–H groups in total. The summed E-state index contributed by atoms with van der Waals surface area (Å²) in [5.41, 5.74) is 0. The van der Waals surface area contributed by atoms with Crippen molar-refractivity contribution in [2.45, 2.75) is 19.8 Å². The van der Waals surface area contributed by atoms with Gasteiger partial charge in [0.1, 0.15) is 0 Å². The zero-order chi connectivity index (χ0) is 9.94. The van der Waals surface area contributed by atoms with Crippen LogP contribution in [0, 0.1) is 5.92 Å². The minimum absolute atomic E-state index is 0.191. The molecule has 0 rings (SSSR count). The fourth-order valence-corrected chi connectivity index (χ4v) is 1.16. The SMILES string of the molecule is CCNC/C=C/C(CCO)CCO. The molecule has 0 aromatic heterocycles. The number of allylic oxidation sites excluding steroid dienone is 1. The van der Waals surface area contributed by atoms with Crippen molar-refractivity contribution in [1.82, 2.24) is 5.32 Å².